The van der Waals surface area contributed by atoms with Crippen LogP contribution in [0.3, 0.4) is 0 Å². The van der Waals surface area contributed by atoms with E-state index < -0.39 is 0 Å². The summed E-state index contributed by atoms with van der Waals surface area (Å²) in [5, 5.41) is 3.14. The van der Waals surface area contributed by atoms with E-state index in [4.69, 9.17) is 11.6 Å². The minimum absolute atomic E-state index is 0.743. The molecule has 0 amide bonds. The van der Waals surface area contributed by atoms with Gasteiger partial charge in [0, 0.05) is 21.7 Å². The fourth-order valence-corrected chi connectivity index (χ4v) is 5.00. The molecule has 0 aromatic heterocycles. The summed E-state index contributed by atoms with van der Waals surface area (Å²) in [7, 11) is 0. The molecule has 0 fully saturated rings. The van der Waals surface area contributed by atoms with Gasteiger partial charge in [-0.2, -0.15) is 0 Å². The van der Waals surface area contributed by atoms with E-state index in [9.17, 15) is 0 Å². The average Bonchev–Trinajstić information content (AvgIpc) is 2.95. The lowest BCUT2D eigenvalue weighted by Gasteiger charge is -2.29. The van der Waals surface area contributed by atoms with Crippen molar-refractivity contribution < 1.29 is 0 Å². The van der Waals surface area contributed by atoms with Gasteiger partial charge in [0.05, 0.1) is 11.4 Å². The van der Waals surface area contributed by atoms with Crippen molar-refractivity contribution in [3.8, 4) is 22.3 Å². The maximum atomic E-state index is 6.18. The molecule has 172 valence electrons. The molecule has 0 aliphatic heterocycles. The zero-order valence-corrected chi connectivity index (χ0v) is 20.4. The van der Waals surface area contributed by atoms with Crippen LogP contribution < -0.4 is 4.90 Å². The van der Waals surface area contributed by atoms with Gasteiger partial charge in [0.1, 0.15) is 0 Å². The first kappa shape index (κ1) is 22.2. The van der Waals surface area contributed by atoms with E-state index in [1.54, 1.807) is 0 Å². The summed E-state index contributed by atoms with van der Waals surface area (Å²) >= 11 is 6.18. The fourth-order valence-electron chi connectivity index (χ4n) is 4.87. The van der Waals surface area contributed by atoms with E-state index in [1.807, 2.05) is 12.1 Å². The third kappa shape index (κ3) is 4.15. The number of benzene rings is 6. The van der Waals surface area contributed by atoms with Crippen molar-refractivity contribution in [1.29, 1.82) is 0 Å². The summed E-state index contributed by atoms with van der Waals surface area (Å²) in [4.78, 5) is 2.37. The Labute approximate surface area is 216 Å². The molecular formula is C34H24ClN. The Bertz CT molecular complexity index is 1620. The highest BCUT2D eigenvalue weighted by Gasteiger charge is 2.19. The fraction of sp³-hybridized carbons (Fsp3) is 0. The average molecular weight is 482 g/mol. The quantitative estimate of drug-likeness (QED) is 0.236. The monoisotopic (exact) mass is 481 g/mol. The van der Waals surface area contributed by atoms with Gasteiger partial charge in [0.25, 0.3) is 0 Å². The van der Waals surface area contributed by atoms with Crippen molar-refractivity contribution in [1.82, 2.24) is 0 Å². The van der Waals surface area contributed by atoms with Gasteiger partial charge in [0.15, 0.2) is 0 Å². The maximum Gasteiger partial charge on any atom is 0.0540 e. The molecule has 0 radical (unpaired) electrons. The lowest BCUT2D eigenvalue weighted by molar-refractivity contribution is 1.30. The molecule has 2 heteroatoms. The summed E-state index contributed by atoms with van der Waals surface area (Å²) in [6, 6.07) is 51.0. The van der Waals surface area contributed by atoms with Crippen molar-refractivity contribution in [3.05, 3.63) is 151 Å². The Balaban J connectivity index is 1.61. The molecule has 0 heterocycles. The number of hydrogen-bond acceptors (Lipinski definition) is 1. The van der Waals surface area contributed by atoms with Gasteiger partial charge in [-0.15, -0.1) is 0 Å². The molecule has 1 nitrogen and oxygen atoms in total. The van der Waals surface area contributed by atoms with Crippen LogP contribution in [0.5, 0.6) is 0 Å². The first-order chi connectivity index (χ1) is 17.8. The second-order valence-corrected chi connectivity index (χ2v) is 9.18. The Hall–Kier alpha value is -4.33. The zero-order chi connectivity index (χ0) is 24.3. The summed E-state index contributed by atoms with van der Waals surface area (Å²) in [6.45, 7) is 0. The van der Waals surface area contributed by atoms with E-state index >= 15 is 0 Å². The Morgan fingerprint density at radius 2 is 0.972 bits per heavy atom. The number of fused-ring (bicyclic) bond motifs is 1. The number of nitrogens with zero attached hydrogens (tertiary/aromatic N) is 1. The number of rotatable bonds is 5. The molecule has 0 aliphatic carbocycles. The van der Waals surface area contributed by atoms with Crippen LogP contribution in [0.25, 0.3) is 33.0 Å². The highest BCUT2D eigenvalue weighted by atomic mass is 35.5. The standard InChI is InChI=1S/C34H24ClN/c35-27-21-19-26(20-22-27)29-23-24-34(32-17-8-7-16-31(29)32)36(28-13-5-2-6-14-28)33-18-10-9-15-30(33)25-11-3-1-4-12-25/h1-24H. The molecule has 0 saturated heterocycles. The van der Waals surface area contributed by atoms with Crippen LogP contribution in [-0.4, -0.2) is 0 Å². The summed E-state index contributed by atoms with van der Waals surface area (Å²) in [5.41, 5.74) is 8.11. The molecule has 36 heavy (non-hydrogen) atoms. The van der Waals surface area contributed by atoms with E-state index in [0.29, 0.717) is 0 Å². The van der Waals surface area contributed by atoms with Crippen LogP contribution >= 0.6 is 11.6 Å². The van der Waals surface area contributed by atoms with Crippen LogP contribution in [-0.2, 0) is 0 Å². The highest BCUT2D eigenvalue weighted by Crippen LogP contribution is 2.44. The predicted molar refractivity (Wildman–Crippen MR) is 155 cm³/mol. The van der Waals surface area contributed by atoms with Crippen molar-refractivity contribution in [2.45, 2.75) is 0 Å². The number of para-hydroxylation sites is 2. The van der Waals surface area contributed by atoms with Gasteiger partial charge in [-0.1, -0.05) is 121 Å². The predicted octanol–water partition coefficient (Wildman–Crippen LogP) is 10.3. The zero-order valence-electron chi connectivity index (χ0n) is 19.7. The number of halogens is 1. The highest BCUT2D eigenvalue weighted by molar-refractivity contribution is 6.30. The van der Waals surface area contributed by atoms with Crippen LogP contribution in [0.1, 0.15) is 0 Å². The van der Waals surface area contributed by atoms with Crippen LogP contribution in [0.15, 0.2) is 146 Å². The molecule has 6 aromatic carbocycles. The summed E-state index contributed by atoms with van der Waals surface area (Å²) in [5.74, 6) is 0. The Kier molecular flexibility index (Phi) is 5.99. The van der Waals surface area contributed by atoms with Gasteiger partial charge in [-0.05, 0) is 58.5 Å². The van der Waals surface area contributed by atoms with Crippen molar-refractivity contribution in [3.63, 3.8) is 0 Å². The topological polar surface area (TPSA) is 3.24 Å². The lowest BCUT2D eigenvalue weighted by Crippen LogP contribution is -2.11. The van der Waals surface area contributed by atoms with Crippen LogP contribution in [0.4, 0.5) is 17.1 Å². The molecule has 6 rings (SSSR count). The van der Waals surface area contributed by atoms with Crippen molar-refractivity contribution in [2.24, 2.45) is 0 Å². The molecular weight excluding hydrogens is 458 g/mol. The SMILES string of the molecule is Clc1ccc(-c2ccc(N(c3ccccc3)c3ccccc3-c3ccccc3)c3ccccc23)cc1. The molecule has 0 bridgehead atoms. The second kappa shape index (κ2) is 9.73. The third-order valence-corrected chi connectivity index (χ3v) is 6.79. The molecule has 0 spiro atoms. The molecule has 0 aliphatic rings. The molecule has 0 unspecified atom stereocenters. The molecule has 6 aromatic rings. The minimum atomic E-state index is 0.743. The number of hydrogen-bond donors (Lipinski definition) is 0. The lowest BCUT2D eigenvalue weighted by atomic mass is 9.95. The first-order valence-corrected chi connectivity index (χ1v) is 12.4. The van der Waals surface area contributed by atoms with Crippen molar-refractivity contribution >= 4 is 39.4 Å². The third-order valence-electron chi connectivity index (χ3n) is 6.54. The van der Waals surface area contributed by atoms with Crippen LogP contribution in [0, 0.1) is 0 Å². The normalized spacial score (nSPS) is 10.9. The molecule has 0 atom stereocenters. The minimum Gasteiger partial charge on any atom is -0.309 e. The van der Waals surface area contributed by atoms with Gasteiger partial charge in [0.2, 0.25) is 0 Å². The van der Waals surface area contributed by atoms with E-state index in [1.165, 1.54) is 27.5 Å². The van der Waals surface area contributed by atoms with Crippen LogP contribution in [0.2, 0.25) is 5.02 Å². The number of anilines is 3. The Morgan fingerprint density at radius 1 is 0.389 bits per heavy atom. The molecule has 0 N–H and O–H groups in total. The van der Waals surface area contributed by atoms with E-state index in [-0.39, 0.29) is 0 Å². The summed E-state index contributed by atoms with van der Waals surface area (Å²) in [6.07, 6.45) is 0. The van der Waals surface area contributed by atoms with E-state index in [2.05, 4.69) is 138 Å². The van der Waals surface area contributed by atoms with Gasteiger partial charge in [-0.25, -0.2) is 0 Å². The second-order valence-electron chi connectivity index (χ2n) is 8.74. The molecule has 0 saturated carbocycles. The largest absolute Gasteiger partial charge is 0.309 e. The van der Waals surface area contributed by atoms with Gasteiger partial charge < -0.3 is 4.90 Å². The Morgan fingerprint density at radius 3 is 1.72 bits per heavy atom. The first-order valence-electron chi connectivity index (χ1n) is 12.1. The maximum absolute atomic E-state index is 6.18. The summed E-state index contributed by atoms with van der Waals surface area (Å²) < 4.78 is 0. The smallest absolute Gasteiger partial charge is 0.0540 e. The van der Waals surface area contributed by atoms with E-state index in [0.717, 1.165) is 27.6 Å². The van der Waals surface area contributed by atoms with Gasteiger partial charge >= 0.3 is 0 Å². The van der Waals surface area contributed by atoms with Crippen molar-refractivity contribution in [2.75, 3.05) is 4.90 Å². The van der Waals surface area contributed by atoms with Gasteiger partial charge in [-0.3, -0.25) is 0 Å².